The summed E-state index contributed by atoms with van der Waals surface area (Å²) in [6.45, 7) is 7.93. The van der Waals surface area contributed by atoms with Crippen LogP contribution in [0.25, 0.3) is 0 Å². The van der Waals surface area contributed by atoms with Gasteiger partial charge in [-0.25, -0.2) is 9.07 Å². The van der Waals surface area contributed by atoms with Crippen LogP contribution in [0.15, 0.2) is 42.5 Å². The molecule has 0 amide bonds. The number of hydrogen-bond donors (Lipinski definition) is 0. The van der Waals surface area contributed by atoms with Crippen molar-refractivity contribution in [2.45, 2.75) is 32.9 Å². The predicted molar refractivity (Wildman–Crippen MR) is 129 cm³/mol. The molecule has 8 nitrogen and oxygen atoms in total. The van der Waals surface area contributed by atoms with E-state index < -0.39 is 0 Å². The van der Waals surface area contributed by atoms with Crippen LogP contribution in [-0.2, 0) is 6.54 Å². The average Bonchev–Trinajstić information content (AvgIpc) is 3.32. The number of piperazine rings is 1. The molecule has 0 aliphatic carbocycles. The molecule has 1 aromatic heterocycles. The van der Waals surface area contributed by atoms with Gasteiger partial charge in [0.25, 0.3) is 0 Å². The van der Waals surface area contributed by atoms with Crippen LogP contribution in [0.1, 0.15) is 37.7 Å². The fourth-order valence-corrected chi connectivity index (χ4v) is 4.43. The maximum absolute atomic E-state index is 14.4. The number of nitrogens with zero attached hydrogens (tertiary/aromatic N) is 6. The number of anilines is 1. The standard InChI is InChI=1S/C25H33FN6O2/c1-18(2)11-12-32-25(27-28-29-32)24(20-17-19(33-3)9-10-23(20)34-4)31-15-13-30(14-16-31)22-8-6-5-7-21(22)26/h5-10,17-18,24H,11-16H2,1-4H3/t24-/m0/s1. The highest BCUT2D eigenvalue weighted by Gasteiger charge is 2.33. The fourth-order valence-electron chi connectivity index (χ4n) is 4.43. The van der Waals surface area contributed by atoms with Crippen molar-refractivity contribution in [2.75, 3.05) is 45.3 Å². The Morgan fingerprint density at radius 3 is 2.44 bits per heavy atom. The Morgan fingerprint density at radius 2 is 1.76 bits per heavy atom. The predicted octanol–water partition coefficient (Wildman–Crippen LogP) is 3.79. The molecule has 1 fully saturated rings. The number of hydrogen-bond acceptors (Lipinski definition) is 7. The van der Waals surface area contributed by atoms with E-state index in [2.05, 4.69) is 39.2 Å². The average molecular weight is 469 g/mol. The van der Waals surface area contributed by atoms with Gasteiger partial charge in [-0.15, -0.1) is 5.10 Å². The van der Waals surface area contributed by atoms with Gasteiger partial charge >= 0.3 is 0 Å². The molecule has 3 aromatic rings. The second-order valence-corrected chi connectivity index (χ2v) is 8.93. The van der Waals surface area contributed by atoms with Crippen molar-refractivity contribution in [2.24, 2.45) is 5.92 Å². The maximum atomic E-state index is 14.4. The summed E-state index contributed by atoms with van der Waals surface area (Å²) >= 11 is 0. The van der Waals surface area contributed by atoms with Gasteiger partial charge in [-0.3, -0.25) is 4.90 Å². The highest BCUT2D eigenvalue weighted by molar-refractivity contribution is 5.48. The molecule has 4 rings (SSSR count). The number of methoxy groups -OCH3 is 2. The molecule has 0 radical (unpaired) electrons. The van der Waals surface area contributed by atoms with Crippen LogP contribution in [0.2, 0.25) is 0 Å². The first kappa shape index (κ1) is 23.9. The van der Waals surface area contributed by atoms with Crippen molar-refractivity contribution in [3.05, 3.63) is 59.7 Å². The second-order valence-electron chi connectivity index (χ2n) is 8.93. The minimum atomic E-state index is -0.227. The molecule has 2 aromatic carbocycles. The van der Waals surface area contributed by atoms with Gasteiger partial charge in [0.2, 0.25) is 0 Å². The van der Waals surface area contributed by atoms with E-state index in [0.29, 0.717) is 24.7 Å². The highest BCUT2D eigenvalue weighted by atomic mass is 19.1. The van der Waals surface area contributed by atoms with Crippen LogP contribution < -0.4 is 14.4 Å². The molecule has 0 N–H and O–H groups in total. The van der Waals surface area contributed by atoms with Crippen LogP contribution in [0, 0.1) is 11.7 Å². The first-order valence-electron chi connectivity index (χ1n) is 11.7. The van der Waals surface area contributed by atoms with Gasteiger partial charge < -0.3 is 14.4 Å². The van der Waals surface area contributed by atoms with E-state index in [1.165, 1.54) is 6.07 Å². The van der Waals surface area contributed by atoms with E-state index >= 15 is 0 Å². The normalized spacial score (nSPS) is 15.5. The lowest BCUT2D eigenvalue weighted by atomic mass is 10.0. The third-order valence-electron chi connectivity index (χ3n) is 6.33. The summed E-state index contributed by atoms with van der Waals surface area (Å²) < 4.78 is 27.5. The summed E-state index contributed by atoms with van der Waals surface area (Å²) in [5.74, 6) is 2.60. The zero-order chi connectivity index (χ0) is 24.1. The van der Waals surface area contributed by atoms with E-state index in [9.17, 15) is 4.39 Å². The lowest BCUT2D eigenvalue weighted by Crippen LogP contribution is -2.48. The van der Waals surface area contributed by atoms with Crippen molar-refractivity contribution in [3.63, 3.8) is 0 Å². The Hall–Kier alpha value is -3.20. The summed E-state index contributed by atoms with van der Waals surface area (Å²) in [6.07, 6.45) is 0.973. The van der Waals surface area contributed by atoms with E-state index in [1.54, 1.807) is 20.3 Å². The molecule has 0 spiro atoms. The molecule has 0 bridgehead atoms. The molecule has 0 unspecified atom stereocenters. The number of ether oxygens (including phenoxy) is 2. The Kier molecular flexibility index (Phi) is 7.62. The van der Waals surface area contributed by atoms with Crippen LogP contribution in [0.4, 0.5) is 10.1 Å². The lowest BCUT2D eigenvalue weighted by molar-refractivity contribution is 0.196. The van der Waals surface area contributed by atoms with Gasteiger partial charge in [0.15, 0.2) is 5.82 Å². The molecule has 1 atom stereocenters. The third-order valence-corrected chi connectivity index (χ3v) is 6.33. The van der Waals surface area contributed by atoms with Crippen molar-refractivity contribution >= 4 is 5.69 Å². The third kappa shape index (κ3) is 5.14. The van der Waals surface area contributed by atoms with E-state index in [0.717, 1.165) is 48.9 Å². The molecule has 9 heteroatoms. The van der Waals surface area contributed by atoms with Gasteiger partial charge in [-0.05, 0) is 53.1 Å². The smallest absolute Gasteiger partial charge is 0.173 e. The van der Waals surface area contributed by atoms with Crippen LogP contribution >= 0.6 is 0 Å². The summed E-state index contributed by atoms with van der Waals surface area (Å²) in [6, 6.07) is 12.5. The van der Waals surface area contributed by atoms with Crippen LogP contribution in [0.5, 0.6) is 11.5 Å². The van der Waals surface area contributed by atoms with E-state index in [4.69, 9.17) is 9.47 Å². The SMILES string of the molecule is COc1ccc(OC)c([C@@H](c2nnnn2CCC(C)C)N2CCN(c3ccccc3F)CC2)c1. The Balaban J connectivity index is 1.68. The molecule has 1 saturated heterocycles. The van der Waals surface area contributed by atoms with E-state index in [-0.39, 0.29) is 11.9 Å². The Labute approximate surface area is 200 Å². The number of benzene rings is 2. The number of halogens is 1. The molecule has 1 aliphatic rings. The van der Waals surface area contributed by atoms with E-state index in [1.807, 2.05) is 35.0 Å². The molecule has 182 valence electrons. The van der Waals surface area contributed by atoms with Crippen molar-refractivity contribution in [1.82, 2.24) is 25.1 Å². The molecular weight excluding hydrogens is 435 g/mol. The summed E-state index contributed by atoms with van der Waals surface area (Å²) in [4.78, 5) is 4.43. The maximum Gasteiger partial charge on any atom is 0.173 e. The second kappa shape index (κ2) is 10.8. The zero-order valence-corrected chi connectivity index (χ0v) is 20.3. The quantitative estimate of drug-likeness (QED) is 0.473. The summed E-state index contributed by atoms with van der Waals surface area (Å²) in [7, 11) is 3.32. The summed E-state index contributed by atoms with van der Waals surface area (Å²) in [5.41, 5.74) is 1.58. The summed E-state index contributed by atoms with van der Waals surface area (Å²) in [5, 5.41) is 12.8. The largest absolute Gasteiger partial charge is 0.497 e. The topological polar surface area (TPSA) is 68.5 Å². The highest BCUT2D eigenvalue weighted by Crippen LogP contribution is 2.37. The monoisotopic (exact) mass is 468 g/mol. The Morgan fingerprint density at radius 1 is 1.00 bits per heavy atom. The molecular formula is C25H33FN6O2. The first-order chi connectivity index (χ1) is 16.5. The van der Waals surface area contributed by atoms with Gasteiger partial charge in [0.1, 0.15) is 23.4 Å². The number of para-hydroxylation sites is 1. The lowest BCUT2D eigenvalue weighted by Gasteiger charge is -2.40. The number of tetrazole rings is 1. The van der Waals surface area contributed by atoms with Gasteiger partial charge in [0, 0.05) is 38.3 Å². The van der Waals surface area contributed by atoms with Gasteiger partial charge in [-0.2, -0.15) is 0 Å². The molecule has 2 heterocycles. The zero-order valence-electron chi connectivity index (χ0n) is 20.3. The number of rotatable bonds is 9. The van der Waals surface area contributed by atoms with Crippen LogP contribution in [0.3, 0.4) is 0 Å². The van der Waals surface area contributed by atoms with Crippen molar-refractivity contribution < 1.29 is 13.9 Å². The van der Waals surface area contributed by atoms with Crippen molar-refractivity contribution in [3.8, 4) is 11.5 Å². The van der Waals surface area contributed by atoms with Gasteiger partial charge in [0.05, 0.1) is 19.9 Å². The van der Waals surface area contributed by atoms with Crippen LogP contribution in [-0.4, -0.2) is 65.5 Å². The van der Waals surface area contributed by atoms with Gasteiger partial charge in [-0.1, -0.05) is 26.0 Å². The number of aryl methyl sites for hydroxylation is 1. The molecule has 34 heavy (non-hydrogen) atoms. The number of aromatic nitrogens is 4. The minimum Gasteiger partial charge on any atom is -0.497 e. The Bertz CT molecular complexity index is 1080. The fraction of sp³-hybridized carbons (Fsp3) is 0.480. The van der Waals surface area contributed by atoms with Crippen molar-refractivity contribution in [1.29, 1.82) is 0 Å². The first-order valence-corrected chi connectivity index (χ1v) is 11.7. The molecule has 1 aliphatic heterocycles. The molecule has 0 saturated carbocycles. The minimum absolute atomic E-state index is 0.195.